The number of rotatable bonds is 6. The molecule has 6 nitrogen and oxygen atoms in total. The summed E-state index contributed by atoms with van der Waals surface area (Å²) in [5.74, 6) is 1.08. The maximum absolute atomic E-state index is 12.9. The fourth-order valence-electron chi connectivity index (χ4n) is 3.82. The van der Waals surface area contributed by atoms with Crippen LogP contribution >= 0.6 is 11.6 Å². The largest absolute Gasteiger partial charge is 0.497 e. The molecule has 7 heteroatoms. The number of benzene rings is 3. The monoisotopic (exact) mass is 464 g/mol. The summed E-state index contributed by atoms with van der Waals surface area (Å²) in [4.78, 5) is 27.2. The number of anilines is 1. The maximum Gasteiger partial charge on any atom is 0.263 e. The van der Waals surface area contributed by atoms with E-state index in [0.29, 0.717) is 35.3 Å². The van der Waals surface area contributed by atoms with Gasteiger partial charge in [0.15, 0.2) is 6.10 Å². The summed E-state index contributed by atoms with van der Waals surface area (Å²) >= 11 is 6.31. The highest BCUT2D eigenvalue weighted by atomic mass is 35.5. The summed E-state index contributed by atoms with van der Waals surface area (Å²) in [5, 5.41) is 3.55. The summed E-state index contributed by atoms with van der Waals surface area (Å²) < 4.78 is 11.1. The smallest absolute Gasteiger partial charge is 0.263 e. The van der Waals surface area contributed by atoms with Gasteiger partial charge in [0.05, 0.1) is 13.5 Å². The van der Waals surface area contributed by atoms with E-state index >= 15 is 0 Å². The van der Waals surface area contributed by atoms with Crippen LogP contribution in [-0.4, -0.2) is 29.9 Å². The molecule has 0 saturated heterocycles. The molecule has 0 bridgehead atoms. The minimum atomic E-state index is -0.623. The van der Waals surface area contributed by atoms with E-state index in [0.717, 1.165) is 16.7 Å². The molecule has 1 aliphatic heterocycles. The lowest BCUT2D eigenvalue weighted by molar-refractivity contribution is -0.138. The van der Waals surface area contributed by atoms with Crippen molar-refractivity contribution in [3.63, 3.8) is 0 Å². The number of methoxy groups -OCH3 is 1. The maximum atomic E-state index is 12.9. The van der Waals surface area contributed by atoms with Gasteiger partial charge >= 0.3 is 0 Å². The van der Waals surface area contributed by atoms with Crippen LogP contribution in [0.3, 0.4) is 0 Å². The molecule has 4 rings (SSSR count). The van der Waals surface area contributed by atoms with E-state index in [2.05, 4.69) is 5.32 Å². The first-order valence-electron chi connectivity index (χ1n) is 10.7. The Morgan fingerprint density at radius 1 is 1.15 bits per heavy atom. The van der Waals surface area contributed by atoms with Gasteiger partial charge in [-0.25, -0.2) is 0 Å². The van der Waals surface area contributed by atoms with Gasteiger partial charge in [-0.2, -0.15) is 0 Å². The molecule has 3 aromatic carbocycles. The number of nitrogens with one attached hydrogen (secondary N) is 1. The molecule has 170 valence electrons. The molecule has 1 aliphatic rings. The van der Waals surface area contributed by atoms with Crippen LogP contribution in [0.5, 0.6) is 11.5 Å². The van der Waals surface area contributed by atoms with Crippen molar-refractivity contribution in [3.8, 4) is 11.5 Å². The van der Waals surface area contributed by atoms with Crippen LogP contribution in [-0.2, 0) is 29.1 Å². The fraction of sp³-hybridized carbons (Fsp3) is 0.231. The average Bonchev–Trinajstić information content (AvgIpc) is 2.91. The third kappa shape index (κ3) is 5.46. The molecule has 0 aliphatic carbocycles. The van der Waals surface area contributed by atoms with Crippen molar-refractivity contribution in [2.75, 3.05) is 12.4 Å². The first kappa shape index (κ1) is 22.7. The van der Waals surface area contributed by atoms with Gasteiger partial charge in [0.1, 0.15) is 11.5 Å². The van der Waals surface area contributed by atoms with E-state index in [1.807, 2.05) is 54.6 Å². The number of hydrogen-bond donors (Lipinski definition) is 1. The van der Waals surface area contributed by atoms with Crippen molar-refractivity contribution < 1.29 is 19.1 Å². The molecular formula is C26H25ClN2O4. The van der Waals surface area contributed by atoms with Crippen LogP contribution in [0.4, 0.5) is 5.69 Å². The Morgan fingerprint density at radius 2 is 1.97 bits per heavy atom. The Labute approximate surface area is 198 Å². The molecule has 1 N–H and O–H groups in total. The zero-order chi connectivity index (χ0) is 23.4. The highest BCUT2D eigenvalue weighted by Crippen LogP contribution is 2.30. The van der Waals surface area contributed by atoms with E-state index in [4.69, 9.17) is 21.1 Å². The second kappa shape index (κ2) is 9.96. The topological polar surface area (TPSA) is 67.9 Å². The van der Waals surface area contributed by atoms with Crippen molar-refractivity contribution >= 4 is 29.1 Å². The second-order valence-electron chi connectivity index (χ2n) is 7.94. The van der Waals surface area contributed by atoms with Crippen molar-refractivity contribution in [1.82, 2.24) is 4.90 Å². The molecule has 3 aromatic rings. The Bertz CT molecular complexity index is 1180. The van der Waals surface area contributed by atoms with Crippen LogP contribution in [0.15, 0.2) is 66.7 Å². The Hall–Kier alpha value is -3.51. The van der Waals surface area contributed by atoms with Gasteiger partial charge in [0, 0.05) is 29.4 Å². The minimum Gasteiger partial charge on any atom is -0.497 e. The predicted molar refractivity (Wildman–Crippen MR) is 128 cm³/mol. The van der Waals surface area contributed by atoms with E-state index < -0.39 is 6.10 Å². The quantitative estimate of drug-likeness (QED) is 0.566. The SMILES string of the molecule is COc1cccc(CC(=O)Nc2ccc3c(c2)CN(Cc2ccccc2Cl)C(=O)[C@@H](C)O3)c1. The number of carbonyl (C=O) groups is 2. The van der Waals surface area contributed by atoms with Crippen LogP contribution in [0, 0.1) is 0 Å². The van der Waals surface area contributed by atoms with E-state index in [1.54, 1.807) is 31.1 Å². The van der Waals surface area contributed by atoms with Crippen LogP contribution < -0.4 is 14.8 Å². The Balaban J connectivity index is 1.51. The first-order chi connectivity index (χ1) is 15.9. The molecular weight excluding hydrogens is 440 g/mol. The van der Waals surface area contributed by atoms with Crippen LogP contribution in [0.1, 0.15) is 23.6 Å². The van der Waals surface area contributed by atoms with Crippen molar-refractivity contribution in [2.24, 2.45) is 0 Å². The standard InChI is InChI=1S/C26H25ClN2O4/c1-17-26(31)29(15-19-7-3-4-9-23(19)27)16-20-14-21(10-11-24(20)33-17)28-25(30)13-18-6-5-8-22(12-18)32-2/h3-12,14,17H,13,15-16H2,1-2H3,(H,28,30)/t17-/m1/s1. The highest BCUT2D eigenvalue weighted by molar-refractivity contribution is 6.31. The normalized spacial score (nSPS) is 15.3. The highest BCUT2D eigenvalue weighted by Gasteiger charge is 2.28. The molecule has 0 unspecified atom stereocenters. The number of ether oxygens (including phenoxy) is 2. The molecule has 1 atom stereocenters. The number of amides is 2. The number of hydrogen-bond acceptors (Lipinski definition) is 4. The van der Waals surface area contributed by atoms with Crippen LogP contribution in [0.25, 0.3) is 0 Å². The Kier molecular flexibility index (Phi) is 6.84. The molecule has 0 spiro atoms. The van der Waals surface area contributed by atoms with E-state index in [1.165, 1.54) is 0 Å². The molecule has 2 amide bonds. The molecule has 33 heavy (non-hydrogen) atoms. The zero-order valence-electron chi connectivity index (χ0n) is 18.5. The summed E-state index contributed by atoms with van der Waals surface area (Å²) in [6.45, 7) is 2.46. The number of fused-ring (bicyclic) bond motifs is 1. The van der Waals surface area contributed by atoms with Gasteiger partial charge in [-0.3, -0.25) is 9.59 Å². The van der Waals surface area contributed by atoms with Gasteiger partial charge < -0.3 is 19.7 Å². The van der Waals surface area contributed by atoms with Crippen molar-refractivity contribution in [3.05, 3.63) is 88.4 Å². The number of nitrogens with zero attached hydrogens (tertiary/aromatic N) is 1. The zero-order valence-corrected chi connectivity index (χ0v) is 19.3. The molecule has 0 radical (unpaired) electrons. The second-order valence-corrected chi connectivity index (χ2v) is 8.35. The predicted octanol–water partition coefficient (Wildman–Crippen LogP) is 4.84. The summed E-state index contributed by atoms with van der Waals surface area (Å²) in [6.07, 6.45) is -0.402. The average molecular weight is 465 g/mol. The number of carbonyl (C=O) groups excluding carboxylic acids is 2. The van der Waals surface area contributed by atoms with E-state index in [-0.39, 0.29) is 18.2 Å². The fourth-order valence-corrected chi connectivity index (χ4v) is 4.01. The Morgan fingerprint density at radius 3 is 2.76 bits per heavy atom. The van der Waals surface area contributed by atoms with Crippen molar-refractivity contribution in [1.29, 1.82) is 0 Å². The van der Waals surface area contributed by atoms with Crippen molar-refractivity contribution in [2.45, 2.75) is 32.5 Å². The van der Waals surface area contributed by atoms with Gasteiger partial charge in [0.25, 0.3) is 5.91 Å². The molecule has 0 saturated carbocycles. The summed E-state index contributed by atoms with van der Waals surface area (Å²) in [7, 11) is 1.59. The number of halogens is 1. The third-order valence-electron chi connectivity index (χ3n) is 5.49. The lowest BCUT2D eigenvalue weighted by Crippen LogP contribution is -2.37. The third-order valence-corrected chi connectivity index (χ3v) is 5.86. The van der Waals surface area contributed by atoms with Gasteiger partial charge in [0.2, 0.25) is 5.91 Å². The summed E-state index contributed by atoms with van der Waals surface area (Å²) in [5.41, 5.74) is 3.19. The first-order valence-corrected chi connectivity index (χ1v) is 11.1. The van der Waals surface area contributed by atoms with E-state index in [9.17, 15) is 9.59 Å². The minimum absolute atomic E-state index is 0.116. The van der Waals surface area contributed by atoms with Gasteiger partial charge in [-0.05, 0) is 54.4 Å². The molecule has 1 heterocycles. The van der Waals surface area contributed by atoms with Gasteiger partial charge in [-0.1, -0.05) is 41.9 Å². The van der Waals surface area contributed by atoms with Gasteiger partial charge in [-0.15, -0.1) is 0 Å². The molecule has 0 fully saturated rings. The molecule has 0 aromatic heterocycles. The lowest BCUT2D eigenvalue weighted by Gasteiger charge is -2.22. The lowest BCUT2D eigenvalue weighted by atomic mass is 10.1. The van der Waals surface area contributed by atoms with Crippen LogP contribution in [0.2, 0.25) is 5.02 Å². The summed E-state index contributed by atoms with van der Waals surface area (Å²) in [6, 6.07) is 20.3.